The third-order valence-corrected chi connectivity index (χ3v) is 12.6. The Hall–Kier alpha value is -7.29. The van der Waals surface area contributed by atoms with E-state index in [0.717, 1.165) is 0 Å². The van der Waals surface area contributed by atoms with Gasteiger partial charge >= 0.3 is 0 Å². The Kier molecular flexibility index (Phi) is 32.0. The molecule has 0 aliphatic carbocycles. The third kappa shape index (κ3) is 27.6. The molecule has 0 aromatic heterocycles. The van der Waals surface area contributed by atoms with Crippen molar-refractivity contribution in [1.29, 1.82) is 0 Å². The third-order valence-electron chi connectivity index (χ3n) is 12.6. The van der Waals surface area contributed by atoms with Crippen LogP contribution in [0.1, 0.15) is 98.8 Å². The SMILES string of the molecule is C[C@H](NC(=O)[C@H](C)NC(=O)[C@@H](N)CCCCN)C(=O)N[C@@H](CCCN=C(N)N)C(=O)N[C@@H](CCCC[N+](C)(C)C)C(=O)N[C@@H](CO)C(=O)N[C@@H](C)C(=O)N1CCC[C@H]1C(=O)N[C@@H](C)C(=O)N[C@H](C(=O)NCC(=O)NCC(=O)[O-])[C@@H](C)O. The van der Waals surface area contributed by atoms with Crippen molar-refractivity contribution < 1.29 is 77.3 Å². The molecule has 11 atom stereocenters. The van der Waals surface area contributed by atoms with Gasteiger partial charge in [0.25, 0.3) is 0 Å². The summed E-state index contributed by atoms with van der Waals surface area (Å²) in [6.45, 7) is 5.22. The molecule has 32 nitrogen and oxygen atoms in total. The van der Waals surface area contributed by atoms with Gasteiger partial charge in [0, 0.05) is 13.1 Å². The van der Waals surface area contributed by atoms with Gasteiger partial charge in [-0.15, -0.1) is 0 Å². The van der Waals surface area contributed by atoms with Gasteiger partial charge in [-0.1, -0.05) is 6.42 Å². The number of nitrogens with two attached hydrogens (primary N) is 4. The molecule has 0 saturated carbocycles. The van der Waals surface area contributed by atoms with Gasteiger partial charge in [-0.2, -0.15) is 0 Å². The van der Waals surface area contributed by atoms with Gasteiger partial charge in [-0.25, -0.2) is 0 Å². The highest BCUT2D eigenvalue weighted by Crippen LogP contribution is 2.19. The van der Waals surface area contributed by atoms with Gasteiger partial charge in [0.05, 0.1) is 65.5 Å². The number of carbonyl (C=O) groups is 12. The molecule has 0 unspecified atom stereocenters. The normalized spacial score (nSPS) is 16.8. The smallest absolute Gasteiger partial charge is 0.245 e. The lowest BCUT2D eigenvalue weighted by Crippen LogP contribution is -2.60. The molecule has 1 rings (SSSR count). The summed E-state index contributed by atoms with van der Waals surface area (Å²) in [6.07, 6.45) is 1.70. The van der Waals surface area contributed by atoms with E-state index in [0.29, 0.717) is 56.1 Å². The van der Waals surface area contributed by atoms with Crippen molar-refractivity contribution in [1.82, 2.24) is 58.1 Å². The highest BCUT2D eigenvalue weighted by Gasteiger charge is 2.39. The molecule has 0 radical (unpaired) electrons. The Morgan fingerprint density at radius 2 is 1.12 bits per heavy atom. The molecule has 0 aromatic carbocycles. The van der Waals surface area contributed by atoms with Crippen LogP contribution in [0.4, 0.5) is 0 Å². The van der Waals surface area contributed by atoms with E-state index < -0.39 is 157 Å². The van der Waals surface area contributed by atoms with E-state index in [-0.39, 0.29) is 44.7 Å². The number of hydrogen-bond donors (Lipinski definition) is 16. The van der Waals surface area contributed by atoms with Crippen molar-refractivity contribution in [2.75, 3.05) is 67.0 Å². The number of carboxylic acid groups (broad SMARTS) is 1. The summed E-state index contributed by atoms with van der Waals surface area (Å²) in [6, 6.07) is -13.0. The molecular formula is C49H89N17O15. The lowest BCUT2D eigenvalue weighted by molar-refractivity contribution is -0.870. The van der Waals surface area contributed by atoms with Crippen LogP contribution in [-0.4, -0.2) is 230 Å². The van der Waals surface area contributed by atoms with E-state index >= 15 is 0 Å². The fourth-order valence-corrected chi connectivity index (χ4v) is 7.94. The Balaban J connectivity index is 3.19. The average molecular weight is 1160 g/mol. The minimum Gasteiger partial charge on any atom is -0.548 e. The standard InChI is InChI=1S/C49H89N17O15/c1-26(58-42(75)31(51)15-9-11-19-50)39(72)57-27(2)40(73)61-33(17-13-20-54-49(52)53)43(76)62-32(16-10-12-22-66(6,7)8)44(77)63-34(25-67)45(78)60-29(4)48(81)65-21-14-18-35(65)46(79)59-28(3)41(74)64-38(30(5)68)47(80)56-23-36(69)55-24-37(70)71/h26-35,38,67-68H,9-25,50-51H2,1-8H3,(H14-,52,53,54,55,56,57,58,59,60,61,62,63,64,69,70,71,72,73,74,75,76,77,78,79,80)/t26-,27-,28-,29-,30+,31-,32-,33-,34-,35-,38-/m0/s1. The largest absolute Gasteiger partial charge is 0.548 e. The van der Waals surface area contributed by atoms with Gasteiger partial charge in [-0.3, -0.25) is 57.7 Å². The summed E-state index contributed by atoms with van der Waals surface area (Å²) in [4.78, 5) is 161. The lowest BCUT2D eigenvalue weighted by Gasteiger charge is -2.29. The van der Waals surface area contributed by atoms with Crippen molar-refractivity contribution in [3.8, 4) is 0 Å². The number of aliphatic hydroxyl groups is 2. The van der Waals surface area contributed by atoms with E-state index in [1.807, 2.05) is 26.5 Å². The number of unbranched alkanes of at least 4 members (excludes halogenated alkanes) is 2. The molecule has 32 heteroatoms. The zero-order valence-electron chi connectivity index (χ0n) is 47.7. The molecule has 0 spiro atoms. The molecule has 20 N–H and O–H groups in total. The van der Waals surface area contributed by atoms with Crippen molar-refractivity contribution in [3.05, 3.63) is 0 Å². The van der Waals surface area contributed by atoms with Gasteiger partial charge in [0.2, 0.25) is 65.0 Å². The topological polar surface area (TPSA) is 508 Å². The van der Waals surface area contributed by atoms with E-state index in [4.69, 9.17) is 22.9 Å². The minimum absolute atomic E-state index is 0.0266. The number of nitrogens with zero attached hydrogens (tertiary/aromatic N) is 3. The summed E-state index contributed by atoms with van der Waals surface area (Å²) in [7, 11) is 5.89. The molecule has 1 fully saturated rings. The number of aliphatic imine (C=N–C) groups is 1. The van der Waals surface area contributed by atoms with Crippen molar-refractivity contribution >= 4 is 76.9 Å². The zero-order chi connectivity index (χ0) is 61.7. The number of amides is 11. The first-order chi connectivity index (χ1) is 37.8. The quantitative estimate of drug-likeness (QED) is 0.0119. The summed E-state index contributed by atoms with van der Waals surface area (Å²) in [5.41, 5.74) is 22.4. The maximum atomic E-state index is 14.1. The van der Waals surface area contributed by atoms with Gasteiger partial charge in [0.15, 0.2) is 5.96 Å². The van der Waals surface area contributed by atoms with Gasteiger partial charge in [0.1, 0.15) is 54.4 Å². The Labute approximate surface area is 471 Å². The van der Waals surface area contributed by atoms with Crippen LogP contribution in [0.2, 0.25) is 0 Å². The molecule has 460 valence electrons. The highest BCUT2D eigenvalue weighted by molar-refractivity contribution is 5.99. The first kappa shape index (κ1) is 71.7. The van der Waals surface area contributed by atoms with Crippen molar-refractivity contribution in [2.45, 2.75) is 165 Å². The first-order valence-corrected chi connectivity index (χ1v) is 26.9. The van der Waals surface area contributed by atoms with Crippen LogP contribution in [0.15, 0.2) is 4.99 Å². The van der Waals surface area contributed by atoms with Crippen LogP contribution < -0.4 is 81.2 Å². The highest BCUT2D eigenvalue weighted by atomic mass is 16.4. The fourth-order valence-electron chi connectivity index (χ4n) is 7.94. The summed E-state index contributed by atoms with van der Waals surface area (Å²) in [5, 5.41) is 55.1. The van der Waals surface area contributed by atoms with E-state index in [2.05, 4.69) is 52.8 Å². The predicted octanol–water partition coefficient (Wildman–Crippen LogP) is -9.32. The van der Waals surface area contributed by atoms with Crippen molar-refractivity contribution in [3.63, 3.8) is 0 Å². The maximum absolute atomic E-state index is 14.1. The van der Waals surface area contributed by atoms with E-state index in [1.165, 1.54) is 39.5 Å². The van der Waals surface area contributed by atoms with Gasteiger partial charge in [-0.05, 0) is 99.0 Å². The minimum atomic E-state index is -1.67. The number of aliphatic carboxylic acids is 1. The lowest BCUT2D eigenvalue weighted by atomic mass is 10.0. The average Bonchev–Trinajstić information content (AvgIpc) is 3.89. The number of nitrogens with one attached hydrogen (secondary N) is 10. The fraction of sp³-hybridized carbons (Fsp3) is 0.735. The maximum Gasteiger partial charge on any atom is 0.245 e. The summed E-state index contributed by atoms with van der Waals surface area (Å²) >= 11 is 0. The number of likely N-dealkylation sites (tertiary alicyclic amines) is 1. The molecule has 0 aromatic rings. The van der Waals surface area contributed by atoms with E-state index in [9.17, 15) is 72.9 Å². The number of carboxylic acids is 1. The second kappa shape index (κ2) is 36.1. The number of aliphatic hydroxyl groups excluding tert-OH is 2. The van der Waals surface area contributed by atoms with Gasteiger partial charge < -0.3 is 106 Å². The number of hydrogen-bond acceptors (Lipinski definition) is 18. The number of rotatable bonds is 37. The number of guanidine groups is 1. The molecular weight excluding hydrogens is 1070 g/mol. The second-order valence-electron chi connectivity index (χ2n) is 20.9. The monoisotopic (exact) mass is 1160 g/mol. The first-order valence-electron chi connectivity index (χ1n) is 26.9. The Bertz CT molecular complexity index is 2190. The van der Waals surface area contributed by atoms with Crippen molar-refractivity contribution in [2.24, 2.45) is 27.9 Å². The van der Waals surface area contributed by atoms with Crippen LogP contribution in [0.3, 0.4) is 0 Å². The van der Waals surface area contributed by atoms with Crippen LogP contribution in [0.5, 0.6) is 0 Å². The molecule has 0 bridgehead atoms. The molecule has 1 heterocycles. The van der Waals surface area contributed by atoms with Crippen LogP contribution >= 0.6 is 0 Å². The van der Waals surface area contributed by atoms with Crippen LogP contribution in [-0.2, 0) is 57.5 Å². The molecule has 81 heavy (non-hydrogen) atoms. The van der Waals surface area contributed by atoms with Crippen LogP contribution in [0, 0.1) is 0 Å². The zero-order valence-corrected chi connectivity index (χ0v) is 47.7. The Morgan fingerprint density at radius 3 is 1.68 bits per heavy atom. The number of carbonyl (C=O) groups excluding carboxylic acids is 12. The van der Waals surface area contributed by atoms with Crippen LogP contribution in [0.25, 0.3) is 0 Å². The predicted molar refractivity (Wildman–Crippen MR) is 290 cm³/mol. The number of quaternary nitrogens is 1. The second-order valence-corrected chi connectivity index (χ2v) is 20.9. The molecule has 1 aliphatic rings. The van der Waals surface area contributed by atoms with E-state index in [1.54, 1.807) is 0 Å². The summed E-state index contributed by atoms with van der Waals surface area (Å²) in [5.74, 6) is -11.0. The summed E-state index contributed by atoms with van der Waals surface area (Å²) < 4.78 is 0.579. The Morgan fingerprint density at radius 1 is 0.617 bits per heavy atom. The molecule has 1 saturated heterocycles. The molecule has 11 amide bonds. The molecule has 1 aliphatic heterocycles.